The van der Waals surface area contributed by atoms with Crippen LogP contribution in [0.25, 0.3) is 5.57 Å². The Bertz CT molecular complexity index is 1340. The molecular weight excluding hydrogens is 488 g/mol. The topological polar surface area (TPSA) is 81.1 Å². The molecule has 2 aliphatic rings. The van der Waals surface area contributed by atoms with E-state index in [0.717, 1.165) is 48.3 Å². The van der Waals surface area contributed by atoms with Crippen LogP contribution in [0.3, 0.4) is 0 Å². The first-order chi connectivity index (χ1) is 17.9. The van der Waals surface area contributed by atoms with Crippen molar-refractivity contribution in [1.29, 1.82) is 0 Å². The van der Waals surface area contributed by atoms with Gasteiger partial charge in [0.1, 0.15) is 6.54 Å². The minimum Gasteiger partial charge on any atom is -0.480 e. The Kier molecular flexibility index (Phi) is 7.15. The second-order valence-electron chi connectivity index (χ2n) is 9.63. The summed E-state index contributed by atoms with van der Waals surface area (Å²) in [6, 6.07) is 22.3. The van der Waals surface area contributed by atoms with Crippen LogP contribution in [0, 0.1) is 0 Å². The third-order valence-corrected chi connectivity index (χ3v) is 7.58. The molecule has 0 radical (unpaired) electrons. The van der Waals surface area contributed by atoms with Crippen LogP contribution in [0.15, 0.2) is 78.9 Å². The molecule has 0 atom stereocenters. The largest absolute Gasteiger partial charge is 0.480 e. The number of para-hydroxylation sites is 1. The molecule has 1 fully saturated rings. The number of hydrogen-bond donors (Lipinski definition) is 2. The molecule has 2 N–H and O–H groups in total. The molecule has 3 aromatic carbocycles. The van der Waals surface area contributed by atoms with Crippen molar-refractivity contribution in [1.82, 2.24) is 4.90 Å². The van der Waals surface area contributed by atoms with Gasteiger partial charge in [0.2, 0.25) is 0 Å². The highest BCUT2D eigenvalue weighted by atomic mass is 35.5. The second kappa shape index (κ2) is 10.5. The van der Waals surface area contributed by atoms with Crippen molar-refractivity contribution in [2.45, 2.75) is 24.9 Å². The number of carboxylic acid groups (broad SMARTS) is 1. The summed E-state index contributed by atoms with van der Waals surface area (Å²) >= 11 is 6.01. The first-order valence-electron chi connectivity index (χ1n) is 12.5. The van der Waals surface area contributed by atoms with Crippen LogP contribution in [-0.4, -0.2) is 53.2 Å². The lowest BCUT2D eigenvalue weighted by molar-refractivity contribution is -0.135. The zero-order chi connectivity index (χ0) is 26.0. The number of amides is 1. The fraction of sp³-hybridized carbons (Fsp3) is 0.267. The van der Waals surface area contributed by atoms with E-state index in [1.807, 2.05) is 54.6 Å². The zero-order valence-electron chi connectivity index (χ0n) is 20.4. The predicted octanol–water partition coefficient (Wildman–Crippen LogP) is 5.19. The maximum atomic E-state index is 13.4. The number of rotatable bonds is 6. The van der Waals surface area contributed by atoms with Crippen LogP contribution < -0.4 is 4.90 Å². The third-order valence-electron chi connectivity index (χ3n) is 7.33. The summed E-state index contributed by atoms with van der Waals surface area (Å²) in [5.74, 6) is -1.37. The third kappa shape index (κ3) is 5.18. The van der Waals surface area contributed by atoms with Gasteiger partial charge in [0.25, 0.3) is 5.91 Å². The second-order valence-corrected chi connectivity index (χ2v) is 10.1. The van der Waals surface area contributed by atoms with E-state index >= 15 is 0 Å². The van der Waals surface area contributed by atoms with Gasteiger partial charge in [-0.1, -0.05) is 66.2 Å². The minimum absolute atomic E-state index is 0.314. The Labute approximate surface area is 221 Å². The van der Waals surface area contributed by atoms with Gasteiger partial charge in [-0.15, -0.1) is 0 Å². The van der Waals surface area contributed by atoms with Crippen molar-refractivity contribution >= 4 is 34.7 Å². The monoisotopic (exact) mass is 516 g/mol. The number of carbonyl (C=O) groups excluding carboxylic acids is 1. The molecule has 3 aromatic rings. The van der Waals surface area contributed by atoms with Crippen molar-refractivity contribution < 1.29 is 19.8 Å². The number of benzene rings is 3. The highest BCUT2D eigenvalue weighted by Gasteiger charge is 2.34. The number of anilines is 1. The van der Waals surface area contributed by atoms with Crippen molar-refractivity contribution in [3.8, 4) is 0 Å². The number of hydrogen-bond acceptors (Lipinski definition) is 4. The number of aliphatic hydroxyl groups is 1. The van der Waals surface area contributed by atoms with E-state index in [0.29, 0.717) is 29.1 Å². The van der Waals surface area contributed by atoms with E-state index in [-0.39, 0.29) is 5.91 Å². The smallest absolute Gasteiger partial charge is 0.323 e. The lowest BCUT2D eigenvalue weighted by Crippen LogP contribution is -2.42. The summed E-state index contributed by atoms with van der Waals surface area (Å²) in [4.78, 5) is 28.7. The molecular formula is C30H29ClN2O4. The van der Waals surface area contributed by atoms with Gasteiger partial charge in [0.05, 0.1) is 11.3 Å². The molecule has 0 aromatic heterocycles. The quantitative estimate of drug-likeness (QED) is 0.471. The maximum absolute atomic E-state index is 13.4. The van der Waals surface area contributed by atoms with Gasteiger partial charge >= 0.3 is 5.97 Å². The molecule has 5 rings (SSSR count). The van der Waals surface area contributed by atoms with E-state index in [9.17, 15) is 19.8 Å². The highest BCUT2D eigenvalue weighted by Crippen LogP contribution is 2.38. The van der Waals surface area contributed by atoms with Crippen molar-refractivity contribution in [3.05, 3.63) is 106 Å². The lowest BCUT2D eigenvalue weighted by Gasteiger charge is -2.38. The molecule has 0 spiro atoms. The summed E-state index contributed by atoms with van der Waals surface area (Å²) in [6.07, 6.45) is 4.20. The maximum Gasteiger partial charge on any atom is 0.323 e. The lowest BCUT2D eigenvalue weighted by atomic mass is 9.84. The summed E-state index contributed by atoms with van der Waals surface area (Å²) in [7, 11) is 0. The zero-order valence-corrected chi connectivity index (χ0v) is 21.2. The fourth-order valence-corrected chi connectivity index (χ4v) is 5.47. The van der Waals surface area contributed by atoms with Gasteiger partial charge in [-0.2, -0.15) is 0 Å². The first-order valence-corrected chi connectivity index (χ1v) is 12.9. The van der Waals surface area contributed by atoms with Crippen molar-refractivity contribution in [2.24, 2.45) is 0 Å². The van der Waals surface area contributed by atoms with Gasteiger partial charge in [-0.05, 0) is 60.2 Å². The number of carbonyl (C=O) groups is 2. The van der Waals surface area contributed by atoms with E-state index in [1.165, 1.54) is 4.90 Å². The van der Waals surface area contributed by atoms with Crippen LogP contribution in [0.5, 0.6) is 0 Å². The number of carboxylic acids is 1. The van der Waals surface area contributed by atoms with E-state index < -0.39 is 18.1 Å². The summed E-state index contributed by atoms with van der Waals surface area (Å²) in [5.41, 5.74) is 3.75. The van der Waals surface area contributed by atoms with Crippen molar-refractivity contribution in [2.75, 3.05) is 31.1 Å². The number of nitrogens with zero attached hydrogens (tertiary/aromatic N) is 2. The Morgan fingerprint density at radius 2 is 1.54 bits per heavy atom. The molecule has 190 valence electrons. The molecule has 0 aliphatic carbocycles. The molecule has 0 bridgehead atoms. The van der Waals surface area contributed by atoms with E-state index in [2.05, 4.69) is 11.0 Å². The van der Waals surface area contributed by atoms with Crippen LogP contribution in [0.4, 0.5) is 5.69 Å². The van der Waals surface area contributed by atoms with Crippen molar-refractivity contribution in [3.63, 3.8) is 0 Å². The van der Waals surface area contributed by atoms with Gasteiger partial charge in [-0.3, -0.25) is 14.5 Å². The van der Waals surface area contributed by atoms with Gasteiger partial charge in [0.15, 0.2) is 0 Å². The number of aliphatic carboxylic acids is 1. The number of piperidine rings is 1. The minimum atomic E-state index is -1.06. The number of halogens is 1. The number of fused-ring (bicyclic) bond motifs is 2. The van der Waals surface area contributed by atoms with Gasteiger partial charge in [-0.25, -0.2) is 0 Å². The molecule has 1 amide bonds. The standard InChI is InChI=1S/C30H29ClN2O4/c31-22-13-11-21(12-14-22)30(37)15-18-32(19-16-30)17-5-9-23-24-6-1-2-8-26(24)29(36)33(20-28(34)35)27-10-4-3-7-25(23)27/h1-4,6-14,37H,5,15-20H2,(H,34,35)/b23-9+. The fourth-order valence-electron chi connectivity index (χ4n) is 5.34. The molecule has 0 saturated carbocycles. The molecule has 7 heteroatoms. The molecule has 2 aliphatic heterocycles. The average molecular weight is 517 g/mol. The first kappa shape index (κ1) is 25.2. The average Bonchev–Trinajstić information content (AvgIpc) is 2.99. The molecule has 37 heavy (non-hydrogen) atoms. The van der Waals surface area contributed by atoms with Gasteiger partial charge in [0, 0.05) is 35.8 Å². The Balaban J connectivity index is 1.36. The Morgan fingerprint density at radius 3 is 2.22 bits per heavy atom. The van der Waals surface area contributed by atoms with Crippen LogP contribution in [0.2, 0.25) is 5.02 Å². The SMILES string of the molecule is O=C(O)CN1C(=O)c2ccccc2/C(=C\CCN2CCC(O)(c3ccc(Cl)cc3)CC2)c2ccccc21. The van der Waals surface area contributed by atoms with Crippen LogP contribution >= 0.6 is 11.6 Å². The Morgan fingerprint density at radius 1 is 0.919 bits per heavy atom. The Hall–Kier alpha value is -3.45. The molecule has 0 unspecified atom stereocenters. The molecule has 2 heterocycles. The number of likely N-dealkylation sites (tertiary alicyclic amines) is 1. The van der Waals surface area contributed by atoms with Crippen LogP contribution in [-0.2, 0) is 10.4 Å². The van der Waals surface area contributed by atoms with Crippen LogP contribution in [0.1, 0.15) is 46.3 Å². The van der Waals surface area contributed by atoms with E-state index in [4.69, 9.17) is 11.6 Å². The predicted molar refractivity (Wildman–Crippen MR) is 145 cm³/mol. The van der Waals surface area contributed by atoms with Gasteiger partial charge < -0.3 is 15.1 Å². The molecule has 1 saturated heterocycles. The summed E-state index contributed by atoms with van der Waals surface area (Å²) < 4.78 is 0. The summed E-state index contributed by atoms with van der Waals surface area (Å²) in [5, 5.41) is 21.3. The van der Waals surface area contributed by atoms with E-state index in [1.54, 1.807) is 18.2 Å². The highest BCUT2D eigenvalue weighted by molar-refractivity contribution is 6.30. The normalized spacial score (nSPS) is 18.3. The molecule has 6 nitrogen and oxygen atoms in total. The summed E-state index contributed by atoms with van der Waals surface area (Å²) in [6.45, 7) is 1.97.